The fourth-order valence-corrected chi connectivity index (χ4v) is 2.58. The van der Waals surface area contributed by atoms with Crippen LogP contribution >= 0.6 is 11.6 Å². The SMILES string of the molecule is N#Cc1c(N)n(-c2ccccc2Cl)c(=O)c2ccccc12. The highest BCUT2D eigenvalue weighted by Crippen LogP contribution is 2.26. The van der Waals surface area contributed by atoms with Gasteiger partial charge >= 0.3 is 0 Å². The fraction of sp³-hybridized carbons (Fsp3) is 0. The molecule has 2 N–H and O–H groups in total. The number of nitrogens with two attached hydrogens (primary N) is 1. The maximum atomic E-state index is 12.7. The normalized spacial score (nSPS) is 10.5. The Hall–Kier alpha value is -2.77. The van der Waals surface area contributed by atoms with Crippen LogP contribution in [0.25, 0.3) is 16.5 Å². The van der Waals surface area contributed by atoms with Crippen LogP contribution < -0.4 is 11.3 Å². The first-order valence-electron chi connectivity index (χ1n) is 6.23. The Balaban J connectivity index is 2.54. The minimum Gasteiger partial charge on any atom is -0.384 e. The van der Waals surface area contributed by atoms with Crippen molar-refractivity contribution >= 4 is 28.2 Å². The molecule has 0 aliphatic heterocycles. The summed E-state index contributed by atoms with van der Waals surface area (Å²) in [4.78, 5) is 12.7. The fourth-order valence-electron chi connectivity index (χ4n) is 2.36. The number of pyridine rings is 1. The third-order valence-electron chi connectivity index (χ3n) is 3.33. The predicted molar refractivity (Wildman–Crippen MR) is 83.7 cm³/mol. The Kier molecular flexibility index (Phi) is 3.13. The standard InChI is InChI=1S/C16H10ClN3O/c17-13-7-3-4-8-14(13)20-15(19)12(9-18)10-5-1-2-6-11(10)16(20)21/h1-8H,19H2. The highest BCUT2D eigenvalue weighted by molar-refractivity contribution is 6.32. The van der Waals surface area contributed by atoms with Gasteiger partial charge in [0.25, 0.3) is 5.56 Å². The van der Waals surface area contributed by atoms with Crippen LogP contribution in [0.5, 0.6) is 0 Å². The molecule has 0 radical (unpaired) electrons. The number of halogens is 1. The molecule has 0 fully saturated rings. The molecule has 0 aliphatic rings. The molecular weight excluding hydrogens is 286 g/mol. The molecule has 0 aliphatic carbocycles. The molecule has 0 spiro atoms. The smallest absolute Gasteiger partial charge is 0.264 e. The lowest BCUT2D eigenvalue weighted by Gasteiger charge is -2.14. The number of aromatic nitrogens is 1. The van der Waals surface area contributed by atoms with Gasteiger partial charge in [0.1, 0.15) is 17.5 Å². The molecule has 0 atom stereocenters. The topological polar surface area (TPSA) is 71.8 Å². The third kappa shape index (κ3) is 1.95. The number of hydrogen-bond acceptors (Lipinski definition) is 3. The average molecular weight is 296 g/mol. The predicted octanol–water partition coefficient (Wildman–Crippen LogP) is 3.10. The largest absolute Gasteiger partial charge is 0.384 e. The molecule has 0 saturated carbocycles. The number of hydrogen-bond donors (Lipinski definition) is 1. The Morgan fingerprint density at radius 3 is 2.33 bits per heavy atom. The van der Waals surface area contributed by atoms with Crippen LogP contribution in [0.2, 0.25) is 5.02 Å². The van der Waals surface area contributed by atoms with Gasteiger partial charge in [-0.05, 0) is 18.2 Å². The first-order valence-corrected chi connectivity index (χ1v) is 6.61. The van der Waals surface area contributed by atoms with Crippen molar-refractivity contribution in [3.05, 3.63) is 69.5 Å². The second-order valence-corrected chi connectivity index (χ2v) is 4.92. The molecule has 0 amide bonds. The lowest BCUT2D eigenvalue weighted by atomic mass is 10.1. The lowest BCUT2D eigenvalue weighted by Crippen LogP contribution is -2.23. The van der Waals surface area contributed by atoms with Gasteiger partial charge in [-0.3, -0.25) is 9.36 Å². The van der Waals surface area contributed by atoms with E-state index in [1.807, 2.05) is 0 Å². The van der Waals surface area contributed by atoms with Crippen LogP contribution in [0.1, 0.15) is 5.56 Å². The van der Waals surface area contributed by atoms with E-state index in [1.165, 1.54) is 4.57 Å². The summed E-state index contributed by atoms with van der Waals surface area (Å²) in [5.74, 6) is 0.0919. The van der Waals surface area contributed by atoms with E-state index in [-0.39, 0.29) is 16.9 Å². The Morgan fingerprint density at radius 1 is 1.05 bits per heavy atom. The number of nitrogen functional groups attached to an aromatic ring is 1. The molecule has 0 unspecified atom stereocenters. The van der Waals surface area contributed by atoms with Crippen LogP contribution in [-0.2, 0) is 0 Å². The van der Waals surface area contributed by atoms with Crippen molar-refractivity contribution in [3.8, 4) is 11.8 Å². The van der Waals surface area contributed by atoms with Crippen LogP contribution in [0, 0.1) is 11.3 Å². The number of anilines is 1. The van der Waals surface area contributed by atoms with E-state index >= 15 is 0 Å². The van der Waals surface area contributed by atoms with Gasteiger partial charge in [-0.1, -0.05) is 41.9 Å². The van der Waals surface area contributed by atoms with Gasteiger partial charge in [0, 0.05) is 10.8 Å². The van der Waals surface area contributed by atoms with Crippen molar-refractivity contribution < 1.29 is 0 Å². The van der Waals surface area contributed by atoms with Gasteiger partial charge in [-0.25, -0.2) is 0 Å². The van der Waals surface area contributed by atoms with Crippen molar-refractivity contribution in [2.75, 3.05) is 5.73 Å². The van der Waals surface area contributed by atoms with Crippen molar-refractivity contribution in [2.45, 2.75) is 0 Å². The zero-order valence-corrected chi connectivity index (χ0v) is 11.6. The first-order chi connectivity index (χ1) is 10.1. The molecular formula is C16H10ClN3O. The molecule has 3 rings (SSSR count). The molecule has 3 aromatic rings. The summed E-state index contributed by atoms with van der Waals surface area (Å²) in [5.41, 5.74) is 6.48. The number of fused-ring (bicyclic) bond motifs is 1. The average Bonchev–Trinajstić information content (AvgIpc) is 2.50. The molecule has 1 heterocycles. The van der Waals surface area contributed by atoms with Crippen LogP contribution in [0.4, 0.5) is 5.82 Å². The van der Waals surface area contributed by atoms with E-state index in [0.717, 1.165) is 0 Å². The summed E-state index contributed by atoms with van der Waals surface area (Å²) >= 11 is 6.15. The second-order valence-electron chi connectivity index (χ2n) is 4.51. The zero-order chi connectivity index (χ0) is 15.0. The number of para-hydroxylation sites is 1. The summed E-state index contributed by atoms with van der Waals surface area (Å²) in [6.07, 6.45) is 0. The van der Waals surface area contributed by atoms with Gasteiger partial charge in [-0.2, -0.15) is 5.26 Å². The highest BCUT2D eigenvalue weighted by Gasteiger charge is 2.16. The molecule has 0 saturated heterocycles. The van der Waals surface area contributed by atoms with E-state index in [4.69, 9.17) is 17.3 Å². The number of benzene rings is 2. The van der Waals surface area contributed by atoms with Crippen molar-refractivity contribution in [1.29, 1.82) is 5.26 Å². The van der Waals surface area contributed by atoms with Gasteiger partial charge in [0.2, 0.25) is 0 Å². The zero-order valence-electron chi connectivity index (χ0n) is 10.9. The van der Waals surface area contributed by atoms with E-state index < -0.39 is 0 Å². The summed E-state index contributed by atoms with van der Waals surface area (Å²) in [6, 6.07) is 15.8. The molecule has 2 aromatic carbocycles. The van der Waals surface area contributed by atoms with Crippen LogP contribution in [0.15, 0.2) is 53.3 Å². The minimum atomic E-state index is -0.296. The summed E-state index contributed by atoms with van der Waals surface area (Å²) in [6.45, 7) is 0. The monoisotopic (exact) mass is 295 g/mol. The van der Waals surface area contributed by atoms with Crippen LogP contribution in [0.3, 0.4) is 0 Å². The van der Waals surface area contributed by atoms with E-state index in [9.17, 15) is 10.1 Å². The Bertz CT molecular complexity index is 954. The maximum absolute atomic E-state index is 12.7. The van der Waals surface area contributed by atoms with Gasteiger partial charge in [0.05, 0.1) is 10.7 Å². The lowest BCUT2D eigenvalue weighted by molar-refractivity contribution is 1.02. The first kappa shape index (κ1) is 13.2. The second kappa shape index (κ2) is 4.97. The molecule has 5 heteroatoms. The number of nitrogens with zero attached hydrogens (tertiary/aromatic N) is 2. The molecule has 0 bridgehead atoms. The molecule has 4 nitrogen and oxygen atoms in total. The highest BCUT2D eigenvalue weighted by atomic mass is 35.5. The van der Waals surface area contributed by atoms with Gasteiger partial charge in [0.15, 0.2) is 0 Å². The van der Waals surface area contributed by atoms with Crippen molar-refractivity contribution in [2.24, 2.45) is 0 Å². The van der Waals surface area contributed by atoms with E-state index in [0.29, 0.717) is 21.5 Å². The molecule has 1 aromatic heterocycles. The maximum Gasteiger partial charge on any atom is 0.264 e. The number of nitriles is 1. The van der Waals surface area contributed by atoms with Crippen molar-refractivity contribution in [3.63, 3.8) is 0 Å². The minimum absolute atomic E-state index is 0.0919. The Labute approximate surface area is 125 Å². The van der Waals surface area contributed by atoms with Gasteiger partial charge < -0.3 is 5.73 Å². The molecule has 102 valence electrons. The summed E-state index contributed by atoms with van der Waals surface area (Å²) in [5, 5.41) is 10.7. The quantitative estimate of drug-likeness (QED) is 0.750. The van der Waals surface area contributed by atoms with Crippen LogP contribution in [-0.4, -0.2) is 4.57 Å². The van der Waals surface area contributed by atoms with E-state index in [1.54, 1.807) is 48.5 Å². The van der Waals surface area contributed by atoms with Crippen molar-refractivity contribution in [1.82, 2.24) is 4.57 Å². The Morgan fingerprint density at radius 2 is 1.67 bits per heavy atom. The van der Waals surface area contributed by atoms with Gasteiger partial charge in [-0.15, -0.1) is 0 Å². The summed E-state index contributed by atoms with van der Waals surface area (Å²) in [7, 11) is 0. The summed E-state index contributed by atoms with van der Waals surface area (Å²) < 4.78 is 1.28. The number of rotatable bonds is 1. The van der Waals surface area contributed by atoms with E-state index in [2.05, 4.69) is 6.07 Å². The molecule has 21 heavy (non-hydrogen) atoms. The third-order valence-corrected chi connectivity index (χ3v) is 3.65.